The molecule has 1 aliphatic heterocycles. The van der Waals surface area contributed by atoms with Crippen LogP contribution in [0.2, 0.25) is 0 Å². The van der Waals surface area contributed by atoms with Gasteiger partial charge in [-0.3, -0.25) is 4.68 Å². The van der Waals surface area contributed by atoms with Crippen molar-refractivity contribution in [1.82, 2.24) is 14.7 Å². The van der Waals surface area contributed by atoms with Crippen molar-refractivity contribution in [3.05, 3.63) is 52.9 Å². The fraction of sp³-hybridized carbons (Fsp3) is 0.625. The average Bonchev–Trinajstić information content (AvgIpc) is 3.20. The number of aryl methyl sites for hydroxylation is 1. The van der Waals surface area contributed by atoms with Gasteiger partial charge in [0, 0.05) is 31.6 Å². The molecule has 158 valence electrons. The first-order chi connectivity index (χ1) is 13.9. The van der Waals surface area contributed by atoms with E-state index in [1.165, 1.54) is 50.1 Å². The fourth-order valence-electron chi connectivity index (χ4n) is 5.54. The smallest absolute Gasteiger partial charge is 0.159 e. The number of aromatic nitrogens is 2. The van der Waals surface area contributed by atoms with Gasteiger partial charge in [-0.25, -0.2) is 8.78 Å². The number of halogens is 2. The van der Waals surface area contributed by atoms with Crippen molar-refractivity contribution in [2.45, 2.75) is 51.9 Å². The van der Waals surface area contributed by atoms with Crippen molar-refractivity contribution in [1.29, 1.82) is 0 Å². The Balaban J connectivity index is 1.34. The van der Waals surface area contributed by atoms with Gasteiger partial charge in [0.25, 0.3) is 0 Å². The van der Waals surface area contributed by atoms with E-state index in [1.807, 2.05) is 11.7 Å². The molecule has 5 heteroatoms. The van der Waals surface area contributed by atoms with E-state index >= 15 is 0 Å². The molecule has 29 heavy (non-hydrogen) atoms. The molecule has 2 aromatic rings. The van der Waals surface area contributed by atoms with Crippen molar-refractivity contribution < 1.29 is 8.78 Å². The van der Waals surface area contributed by atoms with Crippen LogP contribution in [0.4, 0.5) is 8.78 Å². The van der Waals surface area contributed by atoms with Crippen molar-refractivity contribution >= 4 is 0 Å². The molecule has 3 unspecified atom stereocenters. The molecule has 0 amide bonds. The van der Waals surface area contributed by atoms with Crippen LogP contribution in [0.15, 0.2) is 24.3 Å². The van der Waals surface area contributed by atoms with E-state index in [9.17, 15) is 8.78 Å². The van der Waals surface area contributed by atoms with Gasteiger partial charge < -0.3 is 4.90 Å². The van der Waals surface area contributed by atoms with Crippen LogP contribution < -0.4 is 0 Å². The van der Waals surface area contributed by atoms with Gasteiger partial charge in [-0.2, -0.15) is 5.10 Å². The second kappa shape index (κ2) is 8.55. The quantitative estimate of drug-likeness (QED) is 0.691. The molecule has 0 radical (unpaired) electrons. The van der Waals surface area contributed by atoms with Crippen molar-refractivity contribution in [2.24, 2.45) is 24.8 Å². The summed E-state index contributed by atoms with van der Waals surface area (Å²) in [5, 5.41) is 4.64. The van der Waals surface area contributed by atoms with Crippen LogP contribution in [0.25, 0.3) is 0 Å². The zero-order chi connectivity index (χ0) is 20.5. The minimum atomic E-state index is -0.802. The fourth-order valence-corrected chi connectivity index (χ4v) is 5.54. The van der Waals surface area contributed by atoms with Crippen LogP contribution in [0.5, 0.6) is 0 Å². The maximum absolute atomic E-state index is 13.5. The van der Waals surface area contributed by atoms with Gasteiger partial charge >= 0.3 is 0 Å². The van der Waals surface area contributed by atoms with Crippen LogP contribution in [-0.4, -0.2) is 34.3 Å². The van der Waals surface area contributed by atoms with E-state index in [1.54, 1.807) is 6.07 Å². The number of rotatable bonds is 5. The lowest BCUT2D eigenvalue weighted by atomic mass is 9.91. The number of likely N-dealkylation sites (tertiary alicyclic amines) is 1. The van der Waals surface area contributed by atoms with Crippen LogP contribution in [0, 0.1) is 29.4 Å². The van der Waals surface area contributed by atoms with Gasteiger partial charge in [-0.05, 0) is 80.3 Å². The Labute approximate surface area is 173 Å². The molecule has 1 aromatic carbocycles. The SMILES string of the molecule is CC1CC(C)C(CN2CCC(c3cc(Cc4ccc(F)c(F)c4)nn3C)CC2)C1. The summed E-state index contributed by atoms with van der Waals surface area (Å²) in [5.41, 5.74) is 2.94. The first-order valence-electron chi connectivity index (χ1n) is 11.1. The van der Waals surface area contributed by atoms with Gasteiger partial charge in [0.15, 0.2) is 11.6 Å². The zero-order valence-corrected chi connectivity index (χ0v) is 17.9. The van der Waals surface area contributed by atoms with E-state index in [2.05, 4.69) is 29.9 Å². The molecule has 2 heterocycles. The lowest BCUT2D eigenvalue weighted by molar-refractivity contribution is 0.167. The zero-order valence-electron chi connectivity index (χ0n) is 17.9. The first kappa shape index (κ1) is 20.5. The average molecular weight is 402 g/mol. The molecular weight excluding hydrogens is 368 g/mol. The molecular formula is C24H33F2N3. The maximum atomic E-state index is 13.5. The second-order valence-electron chi connectivity index (χ2n) is 9.50. The van der Waals surface area contributed by atoms with E-state index in [-0.39, 0.29) is 0 Å². The Morgan fingerprint density at radius 1 is 1.03 bits per heavy atom. The highest BCUT2D eigenvalue weighted by atomic mass is 19.2. The van der Waals surface area contributed by atoms with Crippen LogP contribution in [0.1, 0.15) is 62.4 Å². The van der Waals surface area contributed by atoms with E-state index in [4.69, 9.17) is 0 Å². The summed E-state index contributed by atoms with van der Waals surface area (Å²) < 4.78 is 28.6. The summed E-state index contributed by atoms with van der Waals surface area (Å²) in [4.78, 5) is 2.66. The molecule has 0 bridgehead atoms. The van der Waals surface area contributed by atoms with E-state index in [0.29, 0.717) is 12.3 Å². The van der Waals surface area contributed by atoms with Gasteiger partial charge in [0.05, 0.1) is 5.69 Å². The number of hydrogen-bond acceptors (Lipinski definition) is 2. The lowest BCUT2D eigenvalue weighted by Crippen LogP contribution is -2.37. The topological polar surface area (TPSA) is 21.1 Å². The number of nitrogens with zero attached hydrogens (tertiary/aromatic N) is 3. The summed E-state index contributed by atoms with van der Waals surface area (Å²) in [5.74, 6) is 1.54. The van der Waals surface area contributed by atoms with Gasteiger partial charge in [-0.15, -0.1) is 0 Å². The normalized spacial score (nSPS) is 26.3. The Morgan fingerprint density at radius 2 is 1.79 bits per heavy atom. The molecule has 4 rings (SSSR count). The summed E-state index contributed by atoms with van der Waals surface area (Å²) in [7, 11) is 2.00. The molecule has 3 atom stereocenters. The number of hydrogen-bond donors (Lipinski definition) is 0. The van der Waals surface area contributed by atoms with Crippen LogP contribution >= 0.6 is 0 Å². The monoisotopic (exact) mass is 401 g/mol. The third-order valence-corrected chi connectivity index (χ3v) is 7.12. The van der Waals surface area contributed by atoms with E-state index < -0.39 is 11.6 Å². The highest BCUT2D eigenvalue weighted by molar-refractivity contribution is 5.25. The molecule has 0 spiro atoms. The Bertz CT molecular complexity index is 839. The highest BCUT2D eigenvalue weighted by Gasteiger charge is 2.31. The molecule has 2 fully saturated rings. The Morgan fingerprint density at radius 3 is 2.45 bits per heavy atom. The van der Waals surface area contributed by atoms with E-state index in [0.717, 1.165) is 42.1 Å². The summed E-state index contributed by atoms with van der Waals surface area (Å²) in [6.07, 6.45) is 5.64. The summed E-state index contributed by atoms with van der Waals surface area (Å²) in [6.45, 7) is 8.39. The van der Waals surface area contributed by atoms with Gasteiger partial charge in [0.1, 0.15) is 0 Å². The molecule has 1 saturated heterocycles. The highest BCUT2D eigenvalue weighted by Crippen LogP contribution is 2.37. The van der Waals surface area contributed by atoms with Crippen LogP contribution in [0.3, 0.4) is 0 Å². The standard InChI is InChI=1S/C24H33F2N3/c1-16-10-17(2)20(11-16)15-29-8-6-19(7-9-29)24-14-21(27-28(24)3)12-18-4-5-22(25)23(26)13-18/h4-5,13-14,16-17,19-20H,6-12,15H2,1-3H3. The molecule has 1 saturated carbocycles. The predicted octanol–water partition coefficient (Wildman–Crippen LogP) is 5.15. The third-order valence-electron chi connectivity index (χ3n) is 7.12. The predicted molar refractivity (Wildman–Crippen MR) is 112 cm³/mol. The lowest BCUT2D eigenvalue weighted by Gasteiger charge is -2.34. The first-order valence-corrected chi connectivity index (χ1v) is 11.1. The molecule has 1 aliphatic carbocycles. The summed E-state index contributed by atoms with van der Waals surface area (Å²) >= 11 is 0. The third kappa shape index (κ3) is 4.71. The van der Waals surface area contributed by atoms with Crippen molar-refractivity contribution in [3.63, 3.8) is 0 Å². The number of piperidine rings is 1. The van der Waals surface area contributed by atoms with Crippen LogP contribution in [-0.2, 0) is 13.5 Å². The van der Waals surface area contributed by atoms with Crippen molar-refractivity contribution in [3.8, 4) is 0 Å². The molecule has 2 aliphatic rings. The largest absolute Gasteiger partial charge is 0.303 e. The molecule has 0 N–H and O–H groups in total. The minimum absolute atomic E-state index is 0.529. The molecule has 3 nitrogen and oxygen atoms in total. The Hall–Kier alpha value is -1.75. The van der Waals surface area contributed by atoms with Crippen molar-refractivity contribution in [2.75, 3.05) is 19.6 Å². The Kier molecular flexibility index (Phi) is 6.05. The maximum Gasteiger partial charge on any atom is 0.159 e. The number of benzene rings is 1. The van der Waals surface area contributed by atoms with Gasteiger partial charge in [-0.1, -0.05) is 19.9 Å². The second-order valence-corrected chi connectivity index (χ2v) is 9.50. The van der Waals surface area contributed by atoms with Gasteiger partial charge in [0.2, 0.25) is 0 Å². The minimum Gasteiger partial charge on any atom is -0.303 e. The summed E-state index contributed by atoms with van der Waals surface area (Å²) in [6, 6.07) is 6.25. The molecule has 1 aromatic heterocycles.